The van der Waals surface area contributed by atoms with Crippen molar-refractivity contribution in [2.75, 3.05) is 0 Å². The van der Waals surface area contributed by atoms with Gasteiger partial charge in [0.05, 0.1) is 11.1 Å². The van der Waals surface area contributed by atoms with Crippen molar-refractivity contribution >= 4 is 54.4 Å². The number of benzene rings is 8. The Morgan fingerprint density at radius 2 is 0.922 bits per heavy atom. The summed E-state index contributed by atoms with van der Waals surface area (Å²) in [5, 5.41) is 9.61. The molecule has 10 rings (SSSR count). The molecule has 3 heteroatoms. The third-order valence-corrected chi connectivity index (χ3v) is 10.2. The maximum Gasteiger partial charge on any atom is 0.231 e. The average molecular weight is 653 g/mol. The molecule has 0 bridgehead atoms. The van der Waals surface area contributed by atoms with Crippen LogP contribution >= 0.6 is 0 Å². The van der Waals surface area contributed by atoms with Gasteiger partial charge in [-0.2, -0.15) is 4.98 Å². The molecule has 0 N–H and O–H groups in total. The molecular weight excluding hydrogens is 621 g/mol. The fourth-order valence-corrected chi connectivity index (χ4v) is 7.65. The third kappa shape index (κ3) is 4.89. The summed E-state index contributed by atoms with van der Waals surface area (Å²) in [6.45, 7) is 4.19. The van der Waals surface area contributed by atoms with E-state index >= 15 is 0 Å². The van der Waals surface area contributed by atoms with Crippen molar-refractivity contribution in [3.63, 3.8) is 0 Å². The van der Waals surface area contributed by atoms with Crippen LogP contribution in [0.3, 0.4) is 0 Å². The lowest BCUT2D eigenvalue weighted by Gasteiger charge is -2.12. The maximum atomic E-state index is 6.47. The van der Waals surface area contributed by atoms with Crippen LogP contribution < -0.4 is 0 Å². The van der Waals surface area contributed by atoms with E-state index in [0.717, 1.165) is 49.9 Å². The molecule has 0 aliphatic carbocycles. The van der Waals surface area contributed by atoms with Crippen LogP contribution in [0.1, 0.15) is 11.1 Å². The van der Waals surface area contributed by atoms with Crippen LogP contribution in [-0.2, 0) is 0 Å². The van der Waals surface area contributed by atoms with Gasteiger partial charge in [-0.25, -0.2) is 4.98 Å². The van der Waals surface area contributed by atoms with Crippen LogP contribution in [0.5, 0.6) is 0 Å². The van der Waals surface area contributed by atoms with E-state index in [1.807, 2.05) is 6.07 Å². The Morgan fingerprint density at radius 3 is 1.61 bits per heavy atom. The minimum atomic E-state index is 0.592. The Labute approximate surface area is 295 Å². The van der Waals surface area contributed by atoms with Gasteiger partial charge < -0.3 is 4.42 Å². The first-order valence-electron chi connectivity index (χ1n) is 17.4. The molecule has 3 nitrogen and oxygen atoms in total. The lowest BCUT2D eigenvalue weighted by molar-refractivity contribution is 0.653. The van der Waals surface area contributed by atoms with Crippen LogP contribution in [0.4, 0.5) is 0 Å². The highest BCUT2D eigenvalue weighted by Crippen LogP contribution is 2.40. The lowest BCUT2D eigenvalue weighted by atomic mass is 9.91. The van der Waals surface area contributed by atoms with Crippen molar-refractivity contribution in [3.05, 3.63) is 169 Å². The molecule has 0 radical (unpaired) electrons. The van der Waals surface area contributed by atoms with Crippen molar-refractivity contribution in [2.24, 2.45) is 0 Å². The fourth-order valence-electron chi connectivity index (χ4n) is 7.65. The Morgan fingerprint density at radius 1 is 0.373 bits per heavy atom. The summed E-state index contributed by atoms with van der Waals surface area (Å²) >= 11 is 0. The number of hydrogen-bond donors (Lipinski definition) is 0. The van der Waals surface area contributed by atoms with Crippen LogP contribution in [0.15, 0.2) is 162 Å². The average Bonchev–Trinajstić information content (AvgIpc) is 3.56. The summed E-state index contributed by atoms with van der Waals surface area (Å²) in [4.78, 5) is 10.2. The molecule has 8 aromatic carbocycles. The summed E-state index contributed by atoms with van der Waals surface area (Å²) in [7, 11) is 0. The van der Waals surface area contributed by atoms with Gasteiger partial charge in [-0.3, -0.25) is 0 Å². The molecule has 0 spiro atoms. The summed E-state index contributed by atoms with van der Waals surface area (Å²) in [5.41, 5.74) is 11.3. The van der Waals surface area contributed by atoms with Crippen molar-refractivity contribution < 1.29 is 4.42 Å². The molecule has 0 aliphatic heterocycles. The van der Waals surface area contributed by atoms with Crippen LogP contribution in [0.25, 0.3) is 99.3 Å². The highest BCUT2D eigenvalue weighted by atomic mass is 16.3. The number of fused-ring (bicyclic) bond motifs is 9. The molecule has 0 fully saturated rings. The van der Waals surface area contributed by atoms with E-state index in [9.17, 15) is 0 Å². The van der Waals surface area contributed by atoms with E-state index in [0.29, 0.717) is 11.5 Å². The molecule has 240 valence electrons. The Kier molecular flexibility index (Phi) is 6.62. The smallest absolute Gasteiger partial charge is 0.231 e. The van der Waals surface area contributed by atoms with Crippen molar-refractivity contribution in [1.82, 2.24) is 9.97 Å². The van der Waals surface area contributed by atoms with E-state index < -0.39 is 0 Å². The van der Waals surface area contributed by atoms with E-state index in [1.165, 1.54) is 49.0 Å². The molecule has 0 aliphatic rings. The van der Waals surface area contributed by atoms with Gasteiger partial charge in [0.15, 0.2) is 5.82 Å². The summed E-state index contributed by atoms with van der Waals surface area (Å²) < 4.78 is 6.47. The van der Waals surface area contributed by atoms with E-state index in [-0.39, 0.29) is 0 Å². The zero-order chi connectivity index (χ0) is 34.1. The minimum Gasteiger partial charge on any atom is -0.438 e. The third-order valence-electron chi connectivity index (χ3n) is 10.2. The van der Waals surface area contributed by atoms with Gasteiger partial charge in [-0.1, -0.05) is 139 Å². The first-order chi connectivity index (χ1) is 25.1. The summed E-state index contributed by atoms with van der Waals surface area (Å²) in [5.74, 6) is 0.657. The molecule has 2 heterocycles. The second kappa shape index (κ2) is 11.5. The standard InChI is InChI=1S/C48H32N2O/c1-29-17-19-31(20-18-29)46-45-43-28-35(22-24-44(43)51-48(45)50-47(49-46)36-12-7-9-30(2)25-36)33-11-8-10-32(26-33)34-21-23-41-39-15-4-3-13-37(39)38-14-5-6-16-40(38)42(41)27-34/h3-28H,1-2H3. The summed E-state index contributed by atoms with van der Waals surface area (Å²) in [6.07, 6.45) is 0. The van der Waals surface area contributed by atoms with Crippen LogP contribution in [0, 0.1) is 13.8 Å². The number of aryl methyl sites for hydroxylation is 2. The molecular formula is C48H32N2O. The van der Waals surface area contributed by atoms with Gasteiger partial charge in [-0.15, -0.1) is 0 Å². The highest BCUT2D eigenvalue weighted by Gasteiger charge is 2.19. The molecule has 51 heavy (non-hydrogen) atoms. The van der Waals surface area contributed by atoms with Gasteiger partial charge in [0.1, 0.15) is 5.58 Å². The molecule has 10 aromatic rings. The largest absolute Gasteiger partial charge is 0.438 e. The van der Waals surface area contributed by atoms with Crippen LogP contribution in [0.2, 0.25) is 0 Å². The zero-order valence-corrected chi connectivity index (χ0v) is 28.3. The van der Waals surface area contributed by atoms with Gasteiger partial charge in [0.25, 0.3) is 0 Å². The second-order valence-corrected chi connectivity index (χ2v) is 13.6. The number of rotatable bonds is 4. The number of hydrogen-bond acceptors (Lipinski definition) is 3. The maximum absolute atomic E-state index is 6.47. The lowest BCUT2D eigenvalue weighted by Crippen LogP contribution is -1.94. The fraction of sp³-hybridized carbons (Fsp3) is 0.0417. The van der Waals surface area contributed by atoms with Gasteiger partial charge in [0, 0.05) is 16.5 Å². The normalized spacial score (nSPS) is 11.7. The van der Waals surface area contributed by atoms with Gasteiger partial charge in [0.2, 0.25) is 5.71 Å². The first-order valence-corrected chi connectivity index (χ1v) is 17.4. The first kappa shape index (κ1) is 29.3. The van der Waals surface area contributed by atoms with Gasteiger partial charge >= 0.3 is 0 Å². The van der Waals surface area contributed by atoms with E-state index in [2.05, 4.69) is 166 Å². The topological polar surface area (TPSA) is 38.9 Å². The predicted molar refractivity (Wildman–Crippen MR) is 213 cm³/mol. The second-order valence-electron chi connectivity index (χ2n) is 13.6. The SMILES string of the molecule is Cc1ccc(-c2nc(-c3cccc(C)c3)nc3oc4ccc(-c5cccc(-c6ccc7c8ccccc8c8ccccc8c7c6)c5)cc4c23)cc1. The van der Waals surface area contributed by atoms with E-state index in [4.69, 9.17) is 14.4 Å². The number of furan rings is 1. The van der Waals surface area contributed by atoms with Crippen molar-refractivity contribution in [3.8, 4) is 44.9 Å². The van der Waals surface area contributed by atoms with Gasteiger partial charge in [-0.05, 0) is 98.8 Å². The van der Waals surface area contributed by atoms with E-state index in [1.54, 1.807) is 0 Å². The Bertz CT molecular complexity index is 2950. The molecule has 0 atom stereocenters. The minimum absolute atomic E-state index is 0.592. The predicted octanol–water partition coefficient (Wildman–Crippen LogP) is 13.1. The molecule has 0 saturated heterocycles. The highest BCUT2D eigenvalue weighted by molar-refractivity contribution is 6.25. The quantitative estimate of drug-likeness (QED) is 0.178. The van der Waals surface area contributed by atoms with Crippen LogP contribution in [-0.4, -0.2) is 9.97 Å². The molecule has 0 amide bonds. The zero-order valence-electron chi connectivity index (χ0n) is 28.3. The molecule has 0 saturated carbocycles. The summed E-state index contributed by atoms with van der Waals surface area (Å²) in [6, 6.07) is 56.5. The Balaban J connectivity index is 1.13. The monoisotopic (exact) mass is 652 g/mol. The van der Waals surface area contributed by atoms with Crippen molar-refractivity contribution in [1.29, 1.82) is 0 Å². The molecule has 0 unspecified atom stereocenters. The molecule has 2 aromatic heterocycles. The number of aromatic nitrogens is 2. The van der Waals surface area contributed by atoms with Crippen molar-refractivity contribution in [2.45, 2.75) is 13.8 Å². The number of nitrogens with zero attached hydrogens (tertiary/aromatic N) is 2. The Hall–Kier alpha value is -6.58.